The molecule has 4 heteroatoms. The van der Waals surface area contributed by atoms with Crippen LogP contribution in [0.25, 0.3) is 0 Å². The summed E-state index contributed by atoms with van der Waals surface area (Å²) >= 11 is 0. The van der Waals surface area contributed by atoms with Crippen LogP contribution in [0.15, 0.2) is 0 Å². The molecule has 0 aromatic carbocycles. The summed E-state index contributed by atoms with van der Waals surface area (Å²) in [4.78, 5) is 11.7. The van der Waals surface area contributed by atoms with E-state index in [1.165, 1.54) is 0 Å². The van der Waals surface area contributed by atoms with E-state index in [9.17, 15) is 9.18 Å². The second-order valence-corrected chi connectivity index (χ2v) is 5.02. The molecule has 82 valence electrons. The lowest BCUT2D eigenvalue weighted by Gasteiger charge is -2.28. The van der Waals surface area contributed by atoms with E-state index in [4.69, 9.17) is 4.74 Å². The van der Waals surface area contributed by atoms with Gasteiger partial charge >= 0.3 is 5.97 Å². The molecule has 0 amide bonds. The van der Waals surface area contributed by atoms with Crippen molar-refractivity contribution in [3.63, 3.8) is 0 Å². The van der Waals surface area contributed by atoms with Gasteiger partial charge in [0.15, 0.2) is 0 Å². The van der Waals surface area contributed by atoms with Gasteiger partial charge in [-0.05, 0) is 27.7 Å². The number of hydrogen-bond acceptors (Lipinski definition) is 3. The molecule has 2 atom stereocenters. The van der Waals surface area contributed by atoms with Gasteiger partial charge in [0.2, 0.25) is 0 Å². The molecule has 0 unspecified atom stereocenters. The largest absolute Gasteiger partial charge is 0.459 e. The highest BCUT2D eigenvalue weighted by Crippen LogP contribution is 2.24. The Morgan fingerprint density at radius 3 is 2.50 bits per heavy atom. The van der Waals surface area contributed by atoms with Gasteiger partial charge < -0.3 is 4.74 Å². The normalized spacial score (nSPS) is 33.1. The average Bonchev–Trinajstić information content (AvgIpc) is 2.29. The van der Waals surface area contributed by atoms with Gasteiger partial charge in [-0.15, -0.1) is 0 Å². The molecule has 1 rings (SSSR count). The molecule has 1 aliphatic heterocycles. The molecule has 14 heavy (non-hydrogen) atoms. The summed E-state index contributed by atoms with van der Waals surface area (Å²) in [6.45, 7) is 7.32. The number of halogens is 1. The standard InChI is InChI=1S/C10H18FNO2/c1-9(2,3)14-8(13)10(4)5-7(11)6-12-10/h7,12H,5-6H2,1-4H3/t7-,10+/m0/s1. The van der Waals surface area contributed by atoms with Crippen molar-refractivity contribution >= 4 is 5.97 Å². The Labute approximate surface area is 84.0 Å². The quantitative estimate of drug-likeness (QED) is 0.655. The zero-order valence-electron chi connectivity index (χ0n) is 9.19. The van der Waals surface area contributed by atoms with E-state index in [0.717, 1.165) is 0 Å². The molecule has 3 nitrogen and oxygen atoms in total. The van der Waals surface area contributed by atoms with Gasteiger partial charge in [0.05, 0.1) is 0 Å². The van der Waals surface area contributed by atoms with Crippen molar-refractivity contribution in [1.82, 2.24) is 5.32 Å². The third-order valence-corrected chi connectivity index (χ3v) is 2.19. The second-order valence-electron chi connectivity index (χ2n) is 5.02. The van der Waals surface area contributed by atoms with Gasteiger partial charge in [-0.3, -0.25) is 10.1 Å². The topological polar surface area (TPSA) is 38.3 Å². The maximum Gasteiger partial charge on any atom is 0.326 e. The number of rotatable bonds is 1. The van der Waals surface area contributed by atoms with Gasteiger partial charge in [-0.1, -0.05) is 0 Å². The Balaban J connectivity index is 2.61. The minimum absolute atomic E-state index is 0.196. The number of nitrogens with one attached hydrogen (secondary N) is 1. The Kier molecular flexibility index (Phi) is 2.86. The van der Waals surface area contributed by atoms with Crippen LogP contribution in [0.3, 0.4) is 0 Å². The molecular weight excluding hydrogens is 185 g/mol. The fraction of sp³-hybridized carbons (Fsp3) is 0.900. The lowest BCUT2D eigenvalue weighted by molar-refractivity contribution is -0.162. The van der Waals surface area contributed by atoms with Crippen LogP contribution in [-0.2, 0) is 9.53 Å². The van der Waals surface area contributed by atoms with Gasteiger partial charge in [0.1, 0.15) is 17.3 Å². The lowest BCUT2D eigenvalue weighted by Crippen LogP contribution is -2.48. The number of alkyl halides is 1. The van der Waals surface area contributed by atoms with E-state index >= 15 is 0 Å². The Hall–Kier alpha value is -0.640. The molecule has 0 aliphatic carbocycles. The first-order valence-electron chi connectivity index (χ1n) is 4.85. The first-order valence-corrected chi connectivity index (χ1v) is 4.85. The van der Waals surface area contributed by atoms with Crippen LogP contribution in [-0.4, -0.2) is 29.8 Å². The van der Waals surface area contributed by atoms with Crippen LogP contribution in [0.2, 0.25) is 0 Å². The Bertz CT molecular complexity index is 237. The summed E-state index contributed by atoms with van der Waals surface area (Å²) in [6, 6.07) is 0. The number of carbonyl (C=O) groups excluding carboxylic acids is 1. The summed E-state index contributed by atoms with van der Waals surface area (Å²) in [5.41, 5.74) is -1.37. The van der Waals surface area contributed by atoms with E-state index in [2.05, 4.69) is 5.32 Å². The van der Waals surface area contributed by atoms with Gasteiger partial charge in [-0.25, -0.2) is 4.39 Å². The second kappa shape index (κ2) is 3.50. The molecule has 1 aliphatic rings. The summed E-state index contributed by atoms with van der Waals surface area (Å²) < 4.78 is 18.1. The van der Waals surface area contributed by atoms with Gasteiger partial charge in [0, 0.05) is 13.0 Å². The zero-order valence-corrected chi connectivity index (χ0v) is 9.19. The Morgan fingerprint density at radius 1 is 1.57 bits per heavy atom. The molecule has 0 spiro atoms. The van der Waals surface area contributed by atoms with Crippen molar-refractivity contribution in [1.29, 1.82) is 0 Å². The summed E-state index contributed by atoms with van der Waals surface area (Å²) in [7, 11) is 0. The van der Waals surface area contributed by atoms with Gasteiger partial charge in [-0.2, -0.15) is 0 Å². The van der Waals surface area contributed by atoms with E-state index < -0.39 is 17.3 Å². The molecule has 0 aromatic heterocycles. The predicted molar refractivity (Wildman–Crippen MR) is 51.8 cm³/mol. The van der Waals surface area contributed by atoms with Crippen molar-refractivity contribution in [3.05, 3.63) is 0 Å². The maximum absolute atomic E-state index is 12.9. The third-order valence-electron chi connectivity index (χ3n) is 2.19. The maximum atomic E-state index is 12.9. The van der Waals surface area contributed by atoms with Crippen molar-refractivity contribution in [2.24, 2.45) is 0 Å². The zero-order chi connectivity index (χ0) is 11.0. The van der Waals surface area contributed by atoms with Crippen LogP contribution in [0, 0.1) is 0 Å². The Morgan fingerprint density at radius 2 is 2.14 bits per heavy atom. The molecule has 1 fully saturated rings. The fourth-order valence-corrected chi connectivity index (χ4v) is 1.47. The SMILES string of the molecule is CC(C)(C)OC(=O)[C@@]1(C)C[C@H](F)CN1. The van der Waals surface area contributed by atoms with Crippen LogP contribution in [0.4, 0.5) is 4.39 Å². The lowest BCUT2D eigenvalue weighted by atomic mass is 10.00. The van der Waals surface area contributed by atoms with Crippen molar-refractivity contribution in [2.75, 3.05) is 6.54 Å². The molecule has 0 bridgehead atoms. The van der Waals surface area contributed by atoms with Crippen LogP contribution in [0.1, 0.15) is 34.1 Å². The first kappa shape index (κ1) is 11.4. The fourth-order valence-electron chi connectivity index (χ4n) is 1.47. The average molecular weight is 203 g/mol. The highest BCUT2D eigenvalue weighted by molar-refractivity contribution is 5.81. The molecule has 0 radical (unpaired) electrons. The third kappa shape index (κ3) is 2.67. The monoisotopic (exact) mass is 203 g/mol. The van der Waals surface area contributed by atoms with Gasteiger partial charge in [0.25, 0.3) is 0 Å². The van der Waals surface area contributed by atoms with E-state index in [1.54, 1.807) is 27.7 Å². The van der Waals surface area contributed by atoms with Crippen LogP contribution < -0.4 is 5.32 Å². The van der Waals surface area contributed by atoms with E-state index in [0.29, 0.717) is 0 Å². The van der Waals surface area contributed by atoms with Crippen molar-refractivity contribution in [2.45, 2.75) is 51.4 Å². The molecule has 0 aromatic rings. The summed E-state index contributed by atoms with van der Waals surface area (Å²) in [5, 5.41) is 2.86. The first-order chi connectivity index (χ1) is 6.23. The predicted octanol–water partition coefficient (Wildman–Crippen LogP) is 1.42. The summed E-state index contributed by atoms with van der Waals surface area (Å²) in [6.07, 6.45) is -0.755. The number of hydrogen-bond donors (Lipinski definition) is 1. The van der Waals surface area contributed by atoms with Crippen LogP contribution in [0.5, 0.6) is 0 Å². The number of carbonyl (C=O) groups is 1. The highest BCUT2D eigenvalue weighted by atomic mass is 19.1. The van der Waals surface area contributed by atoms with Crippen LogP contribution >= 0.6 is 0 Å². The van der Waals surface area contributed by atoms with E-state index in [-0.39, 0.29) is 18.9 Å². The highest BCUT2D eigenvalue weighted by Gasteiger charge is 2.43. The number of ether oxygens (including phenoxy) is 1. The minimum atomic E-state index is -0.951. The molecule has 0 saturated carbocycles. The van der Waals surface area contributed by atoms with E-state index in [1.807, 2.05) is 0 Å². The molecule has 1 heterocycles. The minimum Gasteiger partial charge on any atom is -0.459 e. The van der Waals surface area contributed by atoms with Crippen molar-refractivity contribution < 1.29 is 13.9 Å². The molecular formula is C10H18FNO2. The van der Waals surface area contributed by atoms with Crippen molar-refractivity contribution in [3.8, 4) is 0 Å². The summed E-state index contributed by atoms with van der Waals surface area (Å²) in [5.74, 6) is -0.370. The number of esters is 1. The molecule has 1 N–H and O–H groups in total. The smallest absolute Gasteiger partial charge is 0.326 e. The molecule has 1 saturated heterocycles.